The Morgan fingerprint density at radius 1 is 1.06 bits per heavy atom. The molecule has 0 spiro atoms. The van der Waals surface area contributed by atoms with E-state index in [0.717, 1.165) is 12.0 Å². The highest BCUT2D eigenvalue weighted by molar-refractivity contribution is 5.79. The van der Waals surface area contributed by atoms with Crippen LogP contribution in [0.2, 0.25) is 0 Å². The average molecular weight is 434 g/mol. The van der Waals surface area contributed by atoms with Crippen LogP contribution >= 0.6 is 0 Å². The quantitative estimate of drug-likeness (QED) is 0.591. The van der Waals surface area contributed by atoms with Gasteiger partial charge in [0.2, 0.25) is 0 Å². The van der Waals surface area contributed by atoms with Gasteiger partial charge in [0.05, 0.1) is 16.8 Å². The molecule has 0 saturated carbocycles. The molecule has 3 aromatic rings. The SMILES string of the molecule is CC[C@]1(N)CN(c2ccc(-c3ccc(-c4ccn(C)c(=O)c4)cc3N=O)nn2)C[C@@]1(C)N. The van der Waals surface area contributed by atoms with E-state index < -0.39 is 11.1 Å². The fourth-order valence-corrected chi connectivity index (χ4v) is 4.18. The van der Waals surface area contributed by atoms with Crippen LogP contribution in [0, 0.1) is 4.91 Å². The second-order valence-electron chi connectivity index (χ2n) is 8.75. The molecule has 9 heteroatoms. The van der Waals surface area contributed by atoms with E-state index >= 15 is 0 Å². The van der Waals surface area contributed by atoms with Gasteiger partial charge in [-0.2, -0.15) is 0 Å². The Balaban J connectivity index is 1.62. The second kappa shape index (κ2) is 7.92. The lowest BCUT2D eigenvalue weighted by atomic mass is 9.81. The Morgan fingerprint density at radius 2 is 1.81 bits per heavy atom. The van der Waals surface area contributed by atoms with Crippen molar-refractivity contribution >= 4 is 11.5 Å². The van der Waals surface area contributed by atoms with E-state index in [1.807, 2.05) is 36.9 Å². The summed E-state index contributed by atoms with van der Waals surface area (Å²) < 4.78 is 1.48. The van der Waals surface area contributed by atoms with Crippen molar-refractivity contribution in [2.75, 3.05) is 18.0 Å². The molecule has 1 saturated heterocycles. The summed E-state index contributed by atoms with van der Waals surface area (Å²) in [6, 6.07) is 12.2. The molecule has 4 N–H and O–H groups in total. The molecule has 2 aromatic heterocycles. The minimum Gasteiger partial charge on any atom is -0.351 e. The van der Waals surface area contributed by atoms with Gasteiger partial charge in [-0.25, -0.2) is 0 Å². The highest BCUT2D eigenvalue weighted by atomic mass is 16.3. The Hall–Kier alpha value is -3.43. The van der Waals surface area contributed by atoms with Crippen LogP contribution < -0.4 is 21.9 Å². The Bertz CT molecular complexity index is 1220. The van der Waals surface area contributed by atoms with E-state index in [-0.39, 0.29) is 11.2 Å². The summed E-state index contributed by atoms with van der Waals surface area (Å²) in [7, 11) is 1.68. The Labute approximate surface area is 186 Å². The number of aryl methyl sites for hydroxylation is 1. The summed E-state index contributed by atoms with van der Waals surface area (Å²) in [5.74, 6) is 0.684. The maximum atomic E-state index is 11.9. The number of hydrogen-bond donors (Lipinski definition) is 2. The maximum absolute atomic E-state index is 11.9. The van der Waals surface area contributed by atoms with E-state index in [2.05, 4.69) is 15.4 Å². The molecular weight excluding hydrogens is 406 g/mol. The average Bonchev–Trinajstić information content (AvgIpc) is 3.04. The molecule has 0 radical (unpaired) electrons. The first-order valence-electron chi connectivity index (χ1n) is 10.5. The molecule has 2 atom stereocenters. The van der Waals surface area contributed by atoms with Crippen molar-refractivity contribution in [1.82, 2.24) is 14.8 Å². The smallest absolute Gasteiger partial charge is 0.250 e. The Morgan fingerprint density at radius 3 is 2.41 bits per heavy atom. The number of rotatable bonds is 5. The normalized spacial score (nSPS) is 22.8. The lowest BCUT2D eigenvalue weighted by Crippen LogP contribution is -2.63. The van der Waals surface area contributed by atoms with Crippen LogP contribution in [0.15, 0.2) is 58.6 Å². The summed E-state index contributed by atoms with van der Waals surface area (Å²) in [5, 5.41) is 11.9. The molecule has 0 bridgehead atoms. The largest absolute Gasteiger partial charge is 0.351 e. The van der Waals surface area contributed by atoms with E-state index in [1.54, 1.807) is 31.4 Å². The van der Waals surface area contributed by atoms with Crippen LogP contribution in [-0.4, -0.2) is 38.9 Å². The van der Waals surface area contributed by atoms with Gasteiger partial charge in [-0.05, 0) is 60.0 Å². The van der Waals surface area contributed by atoms with E-state index in [4.69, 9.17) is 11.5 Å². The molecule has 3 heterocycles. The number of pyridine rings is 1. The predicted octanol–water partition coefficient (Wildman–Crippen LogP) is 2.55. The summed E-state index contributed by atoms with van der Waals surface area (Å²) in [4.78, 5) is 25.5. The van der Waals surface area contributed by atoms with Crippen molar-refractivity contribution < 1.29 is 0 Å². The number of benzene rings is 1. The first-order valence-corrected chi connectivity index (χ1v) is 10.5. The summed E-state index contributed by atoms with van der Waals surface area (Å²) in [5.41, 5.74) is 14.6. The van der Waals surface area contributed by atoms with Gasteiger partial charge in [0.25, 0.3) is 5.56 Å². The van der Waals surface area contributed by atoms with E-state index in [1.165, 1.54) is 10.6 Å². The molecule has 0 aliphatic carbocycles. The number of aromatic nitrogens is 3. The molecule has 1 aliphatic heterocycles. The number of hydrogen-bond acceptors (Lipinski definition) is 8. The third-order valence-corrected chi connectivity index (χ3v) is 6.54. The number of anilines is 1. The molecule has 32 heavy (non-hydrogen) atoms. The van der Waals surface area contributed by atoms with E-state index in [0.29, 0.717) is 35.7 Å². The van der Waals surface area contributed by atoms with Crippen LogP contribution in [0.1, 0.15) is 20.3 Å². The van der Waals surface area contributed by atoms with E-state index in [9.17, 15) is 9.70 Å². The van der Waals surface area contributed by atoms with Crippen molar-refractivity contribution in [2.45, 2.75) is 31.3 Å². The third-order valence-electron chi connectivity index (χ3n) is 6.54. The van der Waals surface area contributed by atoms with Crippen molar-refractivity contribution in [1.29, 1.82) is 0 Å². The van der Waals surface area contributed by atoms with Gasteiger partial charge < -0.3 is 20.9 Å². The fraction of sp³-hybridized carbons (Fsp3) is 0.348. The molecule has 1 aromatic carbocycles. The second-order valence-corrected chi connectivity index (χ2v) is 8.75. The van der Waals surface area contributed by atoms with Crippen molar-refractivity contribution in [3.05, 3.63) is 63.9 Å². The van der Waals surface area contributed by atoms with Gasteiger partial charge in [0.1, 0.15) is 5.69 Å². The van der Waals surface area contributed by atoms with Crippen LogP contribution in [-0.2, 0) is 7.05 Å². The monoisotopic (exact) mass is 433 g/mol. The summed E-state index contributed by atoms with van der Waals surface area (Å²) in [6.45, 7) is 5.17. The van der Waals surface area contributed by atoms with Gasteiger partial charge in [0, 0.05) is 38.0 Å². The van der Waals surface area contributed by atoms with Crippen LogP contribution in [0.4, 0.5) is 11.5 Å². The molecule has 166 valence electrons. The zero-order chi connectivity index (χ0) is 23.1. The summed E-state index contributed by atoms with van der Waals surface area (Å²) in [6.07, 6.45) is 2.44. The van der Waals surface area contributed by atoms with Gasteiger partial charge >= 0.3 is 0 Å². The molecular formula is C23H27N7O2. The lowest BCUT2D eigenvalue weighted by molar-refractivity contribution is 0.301. The minimum atomic E-state index is -0.537. The molecule has 1 fully saturated rings. The van der Waals surface area contributed by atoms with Crippen LogP contribution in [0.5, 0.6) is 0 Å². The molecule has 0 unspecified atom stereocenters. The molecule has 4 rings (SSSR count). The standard InChI is InChI=1S/C23H27N7O2/c1-4-23(25)14-30(13-22(23,2)24)20-8-7-18(26-27-20)17-6-5-15(11-19(17)28-32)16-9-10-29(3)21(31)12-16/h5-12H,4,13-14,24-25H2,1-3H3/t22-,23+/m1/s1. The summed E-state index contributed by atoms with van der Waals surface area (Å²) >= 11 is 0. The number of nitroso groups, excluding NO2 is 1. The molecule has 9 nitrogen and oxygen atoms in total. The maximum Gasteiger partial charge on any atom is 0.250 e. The van der Waals surface area contributed by atoms with Gasteiger partial charge in [-0.1, -0.05) is 13.0 Å². The van der Waals surface area contributed by atoms with Crippen molar-refractivity contribution in [2.24, 2.45) is 23.7 Å². The molecule has 1 aliphatic rings. The minimum absolute atomic E-state index is 0.131. The topological polar surface area (TPSA) is 132 Å². The first-order chi connectivity index (χ1) is 15.2. The van der Waals surface area contributed by atoms with Gasteiger partial charge in [0.15, 0.2) is 5.82 Å². The van der Waals surface area contributed by atoms with Crippen LogP contribution in [0.3, 0.4) is 0 Å². The predicted molar refractivity (Wildman–Crippen MR) is 126 cm³/mol. The van der Waals surface area contributed by atoms with Crippen LogP contribution in [0.25, 0.3) is 22.4 Å². The molecule has 0 amide bonds. The van der Waals surface area contributed by atoms with Gasteiger partial charge in [-0.15, -0.1) is 15.1 Å². The third kappa shape index (κ3) is 3.69. The fourth-order valence-electron chi connectivity index (χ4n) is 4.18. The highest BCUT2D eigenvalue weighted by Crippen LogP contribution is 2.35. The Kier molecular flexibility index (Phi) is 5.39. The number of nitrogens with two attached hydrogens (primary N) is 2. The van der Waals surface area contributed by atoms with Gasteiger partial charge in [-0.3, -0.25) is 4.79 Å². The zero-order valence-corrected chi connectivity index (χ0v) is 18.4. The van der Waals surface area contributed by atoms with Crippen molar-refractivity contribution in [3.63, 3.8) is 0 Å². The first kappa shape index (κ1) is 21.8. The zero-order valence-electron chi connectivity index (χ0n) is 18.4. The van der Waals surface area contributed by atoms with Crippen molar-refractivity contribution in [3.8, 4) is 22.4 Å². The lowest BCUT2D eigenvalue weighted by Gasteiger charge is -2.35. The number of nitrogens with zero attached hydrogens (tertiary/aromatic N) is 5. The highest BCUT2D eigenvalue weighted by Gasteiger charge is 2.49.